The molecule has 0 spiro atoms. The summed E-state index contributed by atoms with van der Waals surface area (Å²) in [5.41, 5.74) is 0.762. The van der Waals surface area contributed by atoms with Crippen LogP contribution in [0.15, 0.2) is 30.3 Å². The number of rotatable bonds is 7. The van der Waals surface area contributed by atoms with Gasteiger partial charge in [-0.05, 0) is 24.2 Å². The Morgan fingerprint density at radius 2 is 2.21 bits per heavy atom. The van der Waals surface area contributed by atoms with Crippen molar-refractivity contribution in [3.05, 3.63) is 35.9 Å². The van der Waals surface area contributed by atoms with Gasteiger partial charge in [-0.15, -0.1) is 0 Å². The van der Waals surface area contributed by atoms with Crippen LogP contribution in [0.3, 0.4) is 0 Å². The average Bonchev–Trinajstić information content (AvgIpc) is 2.85. The smallest absolute Gasteiger partial charge is 0.0869 e. The molecule has 106 valence electrons. The molecule has 2 unspecified atom stereocenters. The third kappa shape index (κ3) is 4.80. The third-order valence-corrected chi connectivity index (χ3v) is 4.73. The number of methoxy groups -OCH3 is 1. The normalized spacial score (nSPS) is 24.5. The van der Waals surface area contributed by atoms with Gasteiger partial charge in [-0.1, -0.05) is 30.3 Å². The van der Waals surface area contributed by atoms with E-state index in [1.165, 1.54) is 5.56 Å². The zero-order chi connectivity index (χ0) is 13.6. The molecule has 0 saturated carbocycles. The fraction of sp³-hybridized carbons (Fsp3) is 0.600. The first-order chi connectivity index (χ1) is 9.22. The van der Waals surface area contributed by atoms with E-state index in [9.17, 15) is 5.11 Å². The molecule has 2 rings (SSSR count). The molecule has 0 amide bonds. The highest BCUT2D eigenvalue weighted by atomic mass is 32.2. The molecule has 4 heteroatoms. The third-order valence-electron chi connectivity index (χ3n) is 3.50. The Balaban J connectivity index is 1.85. The molecule has 1 fully saturated rings. The van der Waals surface area contributed by atoms with Crippen molar-refractivity contribution < 1.29 is 9.84 Å². The lowest BCUT2D eigenvalue weighted by atomic mass is 10.0. The topological polar surface area (TPSA) is 41.5 Å². The van der Waals surface area contributed by atoms with Gasteiger partial charge in [0.2, 0.25) is 0 Å². The lowest BCUT2D eigenvalue weighted by Gasteiger charge is -2.26. The standard InChI is InChI=1S/C15H23NO2S/c1-18-10-14(9-13-5-3-2-4-6-13)16-11-15(17)7-8-19-12-15/h2-6,14,16-17H,7-12H2,1H3. The van der Waals surface area contributed by atoms with Gasteiger partial charge in [-0.3, -0.25) is 0 Å². The lowest BCUT2D eigenvalue weighted by Crippen LogP contribution is -2.46. The molecule has 0 radical (unpaired) electrons. The zero-order valence-electron chi connectivity index (χ0n) is 11.5. The minimum atomic E-state index is -0.534. The Hall–Kier alpha value is -0.550. The SMILES string of the molecule is COCC(Cc1ccccc1)NCC1(O)CCSC1. The number of aliphatic hydroxyl groups is 1. The quantitative estimate of drug-likeness (QED) is 0.798. The lowest BCUT2D eigenvalue weighted by molar-refractivity contribution is 0.0590. The summed E-state index contributed by atoms with van der Waals surface area (Å²) in [6, 6.07) is 10.7. The van der Waals surface area contributed by atoms with E-state index >= 15 is 0 Å². The van der Waals surface area contributed by atoms with E-state index < -0.39 is 5.60 Å². The van der Waals surface area contributed by atoms with Crippen molar-refractivity contribution in [2.45, 2.75) is 24.5 Å². The van der Waals surface area contributed by atoms with Gasteiger partial charge in [-0.25, -0.2) is 0 Å². The first-order valence-electron chi connectivity index (χ1n) is 6.78. The van der Waals surface area contributed by atoms with Crippen molar-refractivity contribution in [1.82, 2.24) is 5.32 Å². The first-order valence-corrected chi connectivity index (χ1v) is 7.94. The number of ether oxygens (including phenoxy) is 1. The number of hydrogen-bond acceptors (Lipinski definition) is 4. The molecular formula is C15H23NO2S. The Labute approximate surface area is 119 Å². The van der Waals surface area contributed by atoms with Crippen LogP contribution in [0.1, 0.15) is 12.0 Å². The van der Waals surface area contributed by atoms with Crippen LogP contribution in [0.4, 0.5) is 0 Å². The van der Waals surface area contributed by atoms with Crippen LogP contribution in [0.5, 0.6) is 0 Å². The molecule has 1 aromatic carbocycles. The van der Waals surface area contributed by atoms with Gasteiger partial charge in [0.15, 0.2) is 0 Å². The fourth-order valence-electron chi connectivity index (χ4n) is 2.36. The van der Waals surface area contributed by atoms with Crippen molar-refractivity contribution in [2.75, 3.05) is 31.8 Å². The van der Waals surface area contributed by atoms with E-state index in [1.54, 1.807) is 7.11 Å². The van der Waals surface area contributed by atoms with Gasteiger partial charge in [-0.2, -0.15) is 11.8 Å². The fourth-order valence-corrected chi connectivity index (χ4v) is 3.66. The summed E-state index contributed by atoms with van der Waals surface area (Å²) >= 11 is 1.83. The summed E-state index contributed by atoms with van der Waals surface area (Å²) in [7, 11) is 1.72. The van der Waals surface area contributed by atoms with Gasteiger partial charge in [0, 0.05) is 25.4 Å². The van der Waals surface area contributed by atoms with Gasteiger partial charge in [0.05, 0.1) is 12.2 Å². The van der Waals surface area contributed by atoms with Crippen LogP contribution in [0, 0.1) is 0 Å². The Morgan fingerprint density at radius 3 is 2.84 bits per heavy atom. The highest BCUT2D eigenvalue weighted by Gasteiger charge is 2.31. The van der Waals surface area contributed by atoms with Crippen LogP contribution < -0.4 is 5.32 Å². The molecule has 1 aromatic rings. The van der Waals surface area contributed by atoms with Crippen molar-refractivity contribution in [3.63, 3.8) is 0 Å². The minimum Gasteiger partial charge on any atom is -0.388 e. The molecule has 1 heterocycles. The summed E-state index contributed by atoms with van der Waals surface area (Å²) in [5, 5.41) is 13.8. The Morgan fingerprint density at radius 1 is 1.42 bits per heavy atom. The number of nitrogens with one attached hydrogen (secondary N) is 1. The largest absolute Gasteiger partial charge is 0.388 e. The maximum absolute atomic E-state index is 10.4. The van der Waals surface area contributed by atoms with Crippen molar-refractivity contribution in [2.24, 2.45) is 0 Å². The minimum absolute atomic E-state index is 0.252. The molecule has 19 heavy (non-hydrogen) atoms. The molecule has 1 aliphatic heterocycles. The van der Waals surface area contributed by atoms with Gasteiger partial charge >= 0.3 is 0 Å². The molecule has 3 nitrogen and oxygen atoms in total. The number of benzene rings is 1. The Kier molecular flexibility index (Phi) is 5.70. The summed E-state index contributed by atoms with van der Waals surface area (Å²) in [4.78, 5) is 0. The molecule has 1 aliphatic rings. The van der Waals surface area contributed by atoms with E-state index in [-0.39, 0.29) is 6.04 Å². The maximum Gasteiger partial charge on any atom is 0.0869 e. The second-order valence-electron chi connectivity index (χ2n) is 5.25. The van der Waals surface area contributed by atoms with Crippen LogP contribution in [0.2, 0.25) is 0 Å². The second kappa shape index (κ2) is 7.29. The van der Waals surface area contributed by atoms with E-state index in [0.717, 1.165) is 24.3 Å². The van der Waals surface area contributed by atoms with Crippen LogP contribution >= 0.6 is 11.8 Å². The summed E-state index contributed by atoms with van der Waals surface area (Å²) < 4.78 is 5.27. The van der Waals surface area contributed by atoms with E-state index in [1.807, 2.05) is 17.8 Å². The van der Waals surface area contributed by atoms with Crippen LogP contribution in [0.25, 0.3) is 0 Å². The molecular weight excluding hydrogens is 258 g/mol. The van der Waals surface area contributed by atoms with E-state index in [4.69, 9.17) is 4.74 Å². The monoisotopic (exact) mass is 281 g/mol. The summed E-state index contributed by atoms with van der Waals surface area (Å²) in [6.45, 7) is 1.32. The summed E-state index contributed by atoms with van der Waals surface area (Å²) in [6.07, 6.45) is 1.81. The van der Waals surface area contributed by atoms with Crippen LogP contribution in [-0.2, 0) is 11.2 Å². The molecule has 2 N–H and O–H groups in total. The zero-order valence-corrected chi connectivity index (χ0v) is 12.3. The average molecular weight is 281 g/mol. The predicted octanol–water partition coefficient (Wildman–Crippen LogP) is 1.70. The second-order valence-corrected chi connectivity index (χ2v) is 6.35. The summed E-state index contributed by atoms with van der Waals surface area (Å²) in [5.74, 6) is 1.90. The van der Waals surface area contributed by atoms with Crippen molar-refractivity contribution in [1.29, 1.82) is 0 Å². The first kappa shape index (κ1) is 14.9. The highest BCUT2D eigenvalue weighted by molar-refractivity contribution is 7.99. The number of thioether (sulfide) groups is 1. The van der Waals surface area contributed by atoms with E-state index in [0.29, 0.717) is 13.2 Å². The number of hydrogen-bond donors (Lipinski definition) is 2. The molecule has 0 bridgehead atoms. The van der Waals surface area contributed by atoms with Crippen molar-refractivity contribution >= 4 is 11.8 Å². The van der Waals surface area contributed by atoms with E-state index in [2.05, 4.69) is 29.6 Å². The molecule has 0 aromatic heterocycles. The predicted molar refractivity (Wildman–Crippen MR) is 80.7 cm³/mol. The van der Waals surface area contributed by atoms with Crippen LogP contribution in [-0.4, -0.2) is 48.5 Å². The van der Waals surface area contributed by atoms with Gasteiger partial charge in [0.1, 0.15) is 0 Å². The highest BCUT2D eigenvalue weighted by Crippen LogP contribution is 2.27. The molecule has 2 atom stereocenters. The Bertz CT molecular complexity index is 366. The molecule has 0 aliphatic carbocycles. The van der Waals surface area contributed by atoms with Gasteiger partial charge in [0.25, 0.3) is 0 Å². The molecule has 1 saturated heterocycles. The van der Waals surface area contributed by atoms with Gasteiger partial charge < -0.3 is 15.2 Å². The van der Waals surface area contributed by atoms with Crippen molar-refractivity contribution in [3.8, 4) is 0 Å². The maximum atomic E-state index is 10.4.